The Morgan fingerprint density at radius 2 is 2.10 bits per heavy atom. The third-order valence-corrected chi connectivity index (χ3v) is 4.89. The number of piperidine rings is 1. The number of nitrogens with one attached hydrogen (secondary N) is 2. The molecule has 1 aliphatic heterocycles. The second-order valence-electron chi connectivity index (χ2n) is 6.27. The van der Waals surface area contributed by atoms with Crippen LogP contribution in [-0.2, 0) is 4.79 Å². The molecule has 0 aromatic heterocycles. The van der Waals surface area contributed by atoms with Gasteiger partial charge in [-0.1, -0.05) is 6.07 Å². The van der Waals surface area contributed by atoms with Crippen molar-refractivity contribution < 1.29 is 13.6 Å². The number of hydrogen-bond donors (Lipinski definition) is 2. The van der Waals surface area contributed by atoms with Crippen molar-refractivity contribution in [2.45, 2.75) is 32.2 Å². The third kappa shape index (κ3) is 2.79. The van der Waals surface area contributed by atoms with Gasteiger partial charge in [0, 0.05) is 17.5 Å². The molecule has 1 amide bonds. The molecule has 1 heterocycles. The lowest BCUT2D eigenvalue weighted by atomic mass is 9.91. The normalized spacial score (nSPS) is 24.6. The first-order chi connectivity index (χ1) is 10.0. The quantitative estimate of drug-likeness (QED) is 0.899. The van der Waals surface area contributed by atoms with Gasteiger partial charge in [-0.05, 0) is 50.8 Å². The summed E-state index contributed by atoms with van der Waals surface area (Å²) in [4.78, 5) is 12.3. The zero-order valence-corrected chi connectivity index (χ0v) is 12.1. The van der Waals surface area contributed by atoms with Crippen molar-refractivity contribution in [2.24, 2.45) is 11.3 Å². The molecule has 2 aliphatic rings. The van der Waals surface area contributed by atoms with E-state index in [1.807, 2.05) is 0 Å². The predicted molar refractivity (Wildman–Crippen MR) is 75.6 cm³/mol. The van der Waals surface area contributed by atoms with Crippen molar-refractivity contribution in [1.29, 1.82) is 0 Å². The Balaban J connectivity index is 1.62. The van der Waals surface area contributed by atoms with E-state index in [2.05, 4.69) is 10.6 Å². The van der Waals surface area contributed by atoms with E-state index in [4.69, 9.17) is 0 Å². The molecule has 0 bridgehead atoms. The molecule has 2 atom stereocenters. The standard InChI is InChI=1S/C16H20F2N2O/c1-10(12-3-2-11(17)8-14(12)18)20-15(21)13-9-16(13)4-6-19-7-5-16/h2-3,8,10,13,19H,4-7,9H2,1H3,(H,20,21). The smallest absolute Gasteiger partial charge is 0.224 e. The van der Waals surface area contributed by atoms with E-state index in [0.29, 0.717) is 5.56 Å². The number of rotatable bonds is 3. The lowest BCUT2D eigenvalue weighted by molar-refractivity contribution is -0.123. The molecule has 3 nitrogen and oxygen atoms in total. The van der Waals surface area contributed by atoms with Crippen LogP contribution in [0.5, 0.6) is 0 Å². The molecule has 1 saturated carbocycles. The molecule has 1 aliphatic carbocycles. The summed E-state index contributed by atoms with van der Waals surface area (Å²) in [5.41, 5.74) is 0.487. The van der Waals surface area contributed by atoms with Gasteiger partial charge in [-0.2, -0.15) is 0 Å². The largest absolute Gasteiger partial charge is 0.349 e. The third-order valence-electron chi connectivity index (χ3n) is 4.89. The van der Waals surface area contributed by atoms with E-state index in [0.717, 1.165) is 38.4 Å². The topological polar surface area (TPSA) is 41.1 Å². The zero-order valence-electron chi connectivity index (χ0n) is 12.1. The Bertz CT molecular complexity index is 555. The Kier molecular flexibility index (Phi) is 3.69. The molecule has 3 rings (SSSR count). The van der Waals surface area contributed by atoms with Crippen LogP contribution in [0.25, 0.3) is 0 Å². The number of benzene rings is 1. The van der Waals surface area contributed by atoms with Gasteiger partial charge in [-0.25, -0.2) is 8.78 Å². The first-order valence-electron chi connectivity index (χ1n) is 7.48. The summed E-state index contributed by atoms with van der Waals surface area (Å²) >= 11 is 0. The van der Waals surface area contributed by atoms with Gasteiger partial charge in [0.2, 0.25) is 5.91 Å². The molecule has 2 unspecified atom stereocenters. The van der Waals surface area contributed by atoms with E-state index < -0.39 is 17.7 Å². The van der Waals surface area contributed by atoms with Crippen LogP contribution >= 0.6 is 0 Å². The molecule has 0 radical (unpaired) electrons. The highest BCUT2D eigenvalue weighted by molar-refractivity contribution is 5.83. The van der Waals surface area contributed by atoms with Gasteiger partial charge in [-0.3, -0.25) is 4.79 Å². The van der Waals surface area contributed by atoms with Gasteiger partial charge in [0.25, 0.3) is 0 Å². The van der Waals surface area contributed by atoms with Gasteiger partial charge < -0.3 is 10.6 Å². The second kappa shape index (κ2) is 5.37. The minimum Gasteiger partial charge on any atom is -0.349 e. The van der Waals surface area contributed by atoms with Crippen LogP contribution in [0.3, 0.4) is 0 Å². The van der Waals surface area contributed by atoms with Crippen molar-refractivity contribution >= 4 is 5.91 Å². The van der Waals surface area contributed by atoms with Crippen LogP contribution in [0.1, 0.15) is 37.8 Å². The van der Waals surface area contributed by atoms with Gasteiger partial charge in [0.1, 0.15) is 11.6 Å². The fourth-order valence-corrected chi connectivity index (χ4v) is 3.44. The molecular weight excluding hydrogens is 274 g/mol. The molecule has 2 fully saturated rings. The van der Waals surface area contributed by atoms with Crippen molar-refractivity contribution in [1.82, 2.24) is 10.6 Å². The summed E-state index contributed by atoms with van der Waals surface area (Å²) in [6.45, 7) is 3.66. The van der Waals surface area contributed by atoms with Crippen LogP contribution in [0.15, 0.2) is 18.2 Å². The van der Waals surface area contributed by atoms with E-state index in [9.17, 15) is 13.6 Å². The van der Waals surface area contributed by atoms with Gasteiger partial charge in [0.05, 0.1) is 6.04 Å². The van der Waals surface area contributed by atoms with Crippen LogP contribution < -0.4 is 10.6 Å². The maximum absolute atomic E-state index is 13.7. The molecule has 2 N–H and O–H groups in total. The predicted octanol–water partition coefficient (Wildman–Crippen LogP) is 2.53. The SMILES string of the molecule is CC(NC(=O)C1CC12CCNCC2)c1ccc(F)cc1F. The average Bonchev–Trinajstić information content (AvgIpc) is 3.13. The van der Waals surface area contributed by atoms with Crippen molar-refractivity contribution in [2.75, 3.05) is 13.1 Å². The zero-order chi connectivity index (χ0) is 15.0. The number of hydrogen-bond acceptors (Lipinski definition) is 2. The fraction of sp³-hybridized carbons (Fsp3) is 0.562. The average molecular weight is 294 g/mol. The van der Waals surface area contributed by atoms with Crippen LogP contribution in [0.4, 0.5) is 8.78 Å². The minimum absolute atomic E-state index is 0.00637. The van der Waals surface area contributed by atoms with Crippen LogP contribution in [0.2, 0.25) is 0 Å². The Hall–Kier alpha value is -1.49. The summed E-state index contributed by atoms with van der Waals surface area (Å²) in [6, 6.07) is 3.01. The number of carbonyl (C=O) groups excluding carboxylic acids is 1. The van der Waals surface area contributed by atoms with Gasteiger partial charge in [0.15, 0.2) is 0 Å². The van der Waals surface area contributed by atoms with E-state index in [1.165, 1.54) is 12.1 Å². The fourth-order valence-electron chi connectivity index (χ4n) is 3.44. The lowest BCUT2D eigenvalue weighted by Gasteiger charge is -2.24. The molecule has 1 aromatic rings. The van der Waals surface area contributed by atoms with Gasteiger partial charge in [-0.15, -0.1) is 0 Å². The molecule has 114 valence electrons. The highest BCUT2D eigenvalue weighted by Gasteiger charge is 2.57. The Morgan fingerprint density at radius 3 is 2.76 bits per heavy atom. The Morgan fingerprint density at radius 1 is 1.38 bits per heavy atom. The maximum atomic E-state index is 13.7. The molecule has 1 aromatic carbocycles. The molecule has 1 spiro atoms. The first kappa shape index (κ1) is 14.4. The summed E-state index contributed by atoms with van der Waals surface area (Å²) in [7, 11) is 0. The summed E-state index contributed by atoms with van der Waals surface area (Å²) < 4.78 is 26.6. The molecule has 1 saturated heterocycles. The molecule has 5 heteroatoms. The summed E-state index contributed by atoms with van der Waals surface area (Å²) in [5, 5.41) is 6.17. The van der Waals surface area contributed by atoms with Crippen molar-refractivity contribution in [3.63, 3.8) is 0 Å². The number of halogens is 2. The van der Waals surface area contributed by atoms with Crippen molar-refractivity contribution in [3.8, 4) is 0 Å². The van der Waals surface area contributed by atoms with Crippen LogP contribution in [-0.4, -0.2) is 19.0 Å². The maximum Gasteiger partial charge on any atom is 0.224 e. The first-order valence-corrected chi connectivity index (χ1v) is 7.48. The van der Waals surface area contributed by atoms with Crippen LogP contribution in [0, 0.1) is 23.0 Å². The number of amides is 1. The second-order valence-corrected chi connectivity index (χ2v) is 6.27. The van der Waals surface area contributed by atoms with E-state index >= 15 is 0 Å². The summed E-state index contributed by atoms with van der Waals surface area (Å²) in [5.74, 6) is -1.18. The van der Waals surface area contributed by atoms with Crippen molar-refractivity contribution in [3.05, 3.63) is 35.4 Å². The Labute approximate surface area is 123 Å². The highest BCUT2D eigenvalue weighted by atomic mass is 19.1. The van der Waals surface area contributed by atoms with E-state index in [1.54, 1.807) is 6.92 Å². The monoisotopic (exact) mass is 294 g/mol. The lowest BCUT2D eigenvalue weighted by Crippen LogP contribution is -2.34. The summed E-state index contributed by atoms with van der Waals surface area (Å²) in [6.07, 6.45) is 2.99. The molecular formula is C16H20F2N2O. The number of carbonyl (C=O) groups is 1. The molecule has 21 heavy (non-hydrogen) atoms. The minimum atomic E-state index is -0.616. The highest BCUT2D eigenvalue weighted by Crippen LogP contribution is 2.58. The van der Waals surface area contributed by atoms with Gasteiger partial charge >= 0.3 is 0 Å². The van der Waals surface area contributed by atoms with E-state index in [-0.39, 0.29) is 17.2 Å².